The molecular formula is C20H19FN6O2. The summed E-state index contributed by atoms with van der Waals surface area (Å²) in [6.45, 7) is 1.75. The number of benzene rings is 1. The molecule has 9 heteroatoms. The van der Waals surface area contributed by atoms with E-state index in [-0.39, 0.29) is 28.7 Å². The van der Waals surface area contributed by atoms with E-state index in [1.807, 2.05) is 0 Å². The van der Waals surface area contributed by atoms with E-state index in [9.17, 15) is 9.18 Å². The molecule has 0 aliphatic rings. The highest BCUT2D eigenvalue weighted by Crippen LogP contribution is 2.26. The standard InChI is InChI=1S/C20H19FN6O2/c1-11-17(19(22)27-10-26-11)18(23-2)14-5-4-12(8-15(14)21)29-13-6-7-25-16(9-13)20(28)24-3/h4-10H,1-3H3,(H,24,28)(H2,22,26,27)/b23-18-. The third-order valence-corrected chi connectivity index (χ3v) is 4.15. The molecule has 3 N–H and O–H groups in total. The lowest BCUT2D eigenvalue weighted by molar-refractivity contribution is 0.0958. The van der Waals surface area contributed by atoms with Crippen LogP contribution < -0.4 is 15.8 Å². The first-order valence-corrected chi connectivity index (χ1v) is 8.64. The molecule has 2 heterocycles. The normalized spacial score (nSPS) is 11.2. The summed E-state index contributed by atoms with van der Waals surface area (Å²) in [6.07, 6.45) is 2.78. The predicted octanol–water partition coefficient (Wildman–Crippen LogP) is 2.52. The summed E-state index contributed by atoms with van der Waals surface area (Å²) in [7, 11) is 3.05. The van der Waals surface area contributed by atoms with Crippen molar-refractivity contribution in [1.29, 1.82) is 0 Å². The highest BCUT2D eigenvalue weighted by Gasteiger charge is 2.18. The van der Waals surface area contributed by atoms with Crippen LogP contribution in [-0.2, 0) is 0 Å². The molecule has 0 aliphatic heterocycles. The maximum Gasteiger partial charge on any atom is 0.269 e. The maximum absolute atomic E-state index is 14.9. The van der Waals surface area contributed by atoms with Crippen LogP contribution in [0.3, 0.4) is 0 Å². The number of nitrogens with one attached hydrogen (secondary N) is 1. The molecule has 0 fully saturated rings. The van der Waals surface area contributed by atoms with Crippen LogP contribution in [0.15, 0.2) is 47.8 Å². The zero-order valence-corrected chi connectivity index (χ0v) is 16.1. The SMILES string of the molecule is C/N=C(/c1ccc(Oc2ccnc(C(=O)NC)c2)cc1F)c1c(C)ncnc1N. The number of pyridine rings is 1. The maximum atomic E-state index is 14.9. The molecule has 148 valence electrons. The van der Waals surface area contributed by atoms with Crippen molar-refractivity contribution >= 4 is 17.4 Å². The Morgan fingerprint density at radius 3 is 2.59 bits per heavy atom. The lowest BCUT2D eigenvalue weighted by Crippen LogP contribution is -2.18. The average Bonchev–Trinajstić information content (AvgIpc) is 2.71. The number of nitrogen functional groups attached to an aromatic ring is 1. The van der Waals surface area contributed by atoms with Crippen molar-refractivity contribution in [3.05, 3.63) is 71.2 Å². The van der Waals surface area contributed by atoms with Crippen molar-refractivity contribution in [2.24, 2.45) is 4.99 Å². The van der Waals surface area contributed by atoms with Crippen molar-refractivity contribution in [3.8, 4) is 11.5 Å². The number of rotatable bonds is 5. The molecule has 0 radical (unpaired) electrons. The molecule has 3 rings (SSSR count). The molecule has 0 spiro atoms. The average molecular weight is 394 g/mol. The van der Waals surface area contributed by atoms with Crippen LogP contribution in [0.4, 0.5) is 10.2 Å². The number of halogens is 1. The number of nitrogens with two attached hydrogens (primary N) is 1. The van der Waals surface area contributed by atoms with Gasteiger partial charge in [0.2, 0.25) is 0 Å². The van der Waals surface area contributed by atoms with Crippen molar-refractivity contribution in [2.45, 2.75) is 6.92 Å². The number of aryl methyl sites for hydroxylation is 1. The van der Waals surface area contributed by atoms with E-state index in [4.69, 9.17) is 10.5 Å². The van der Waals surface area contributed by atoms with Gasteiger partial charge in [0, 0.05) is 38.0 Å². The Kier molecular flexibility index (Phi) is 5.77. The van der Waals surface area contributed by atoms with Crippen LogP contribution in [0.1, 0.15) is 27.3 Å². The van der Waals surface area contributed by atoms with Crippen LogP contribution in [0, 0.1) is 12.7 Å². The van der Waals surface area contributed by atoms with Crippen LogP contribution in [0.2, 0.25) is 0 Å². The number of nitrogens with zero attached hydrogens (tertiary/aromatic N) is 4. The van der Waals surface area contributed by atoms with Gasteiger partial charge in [-0.15, -0.1) is 0 Å². The van der Waals surface area contributed by atoms with Gasteiger partial charge in [-0.3, -0.25) is 14.8 Å². The van der Waals surface area contributed by atoms with Crippen molar-refractivity contribution in [3.63, 3.8) is 0 Å². The van der Waals surface area contributed by atoms with Gasteiger partial charge in [0.1, 0.15) is 35.2 Å². The van der Waals surface area contributed by atoms with Gasteiger partial charge in [-0.2, -0.15) is 0 Å². The molecule has 29 heavy (non-hydrogen) atoms. The van der Waals surface area contributed by atoms with E-state index in [1.54, 1.807) is 32.2 Å². The minimum absolute atomic E-state index is 0.192. The number of aliphatic imine (C=N–C) groups is 1. The molecule has 0 atom stereocenters. The molecule has 0 saturated carbocycles. The van der Waals surface area contributed by atoms with E-state index in [0.717, 1.165) is 0 Å². The molecule has 0 saturated heterocycles. The second kappa shape index (κ2) is 8.42. The summed E-state index contributed by atoms with van der Waals surface area (Å²) in [5, 5.41) is 2.48. The molecule has 2 aromatic heterocycles. The summed E-state index contributed by atoms with van der Waals surface area (Å²) < 4.78 is 20.5. The second-order valence-corrected chi connectivity index (χ2v) is 5.99. The molecular weight excluding hydrogens is 375 g/mol. The van der Waals surface area contributed by atoms with Crippen molar-refractivity contribution < 1.29 is 13.9 Å². The van der Waals surface area contributed by atoms with Gasteiger partial charge in [-0.1, -0.05) is 0 Å². The van der Waals surface area contributed by atoms with Gasteiger partial charge in [0.05, 0.1) is 17.0 Å². The van der Waals surface area contributed by atoms with Gasteiger partial charge in [0.25, 0.3) is 5.91 Å². The fraction of sp³-hybridized carbons (Fsp3) is 0.150. The Labute approximate surface area is 166 Å². The Hall–Kier alpha value is -3.88. The molecule has 0 unspecified atom stereocenters. The van der Waals surface area contributed by atoms with Crippen LogP contribution >= 0.6 is 0 Å². The van der Waals surface area contributed by atoms with Gasteiger partial charge >= 0.3 is 0 Å². The fourth-order valence-electron chi connectivity index (χ4n) is 2.77. The largest absolute Gasteiger partial charge is 0.457 e. The van der Waals surface area contributed by atoms with E-state index in [1.165, 1.54) is 31.7 Å². The fourth-order valence-corrected chi connectivity index (χ4v) is 2.77. The van der Waals surface area contributed by atoms with Gasteiger partial charge in [-0.05, 0) is 25.1 Å². The number of ether oxygens (including phenoxy) is 1. The molecule has 0 bridgehead atoms. The van der Waals surface area contributed by atoms with Crippen LogP contribution in [-0.4, -0.2) is 40.7 Å². The summed E-state index contributed by atoms with van der Waals surface area (Å²) >= 11 is 0. The Morgan fingerprint density at radius 1 is 1.17 bits per heavy atom. The summed E-state index contributed by atoms with van der Waals surface area (Å²) in [6, 6.07) is 7.41. The van der Waals surface area contributed by atoms with E-state index < -0.39 is 5.82 Å². The Bertz CT molecular complexity index is 1080. The number of amides is 1. The predicted molar refractivity (Wildman–Crippen MR) is 107 cm³/mol. The van der Waals surface area contributed by atoms with E-state index >= 15 is 0 Å². The number of carbonyl (C=O) groups excluding carboxylic acids is 1. The Balaban J connectivity index is 1.92. The topological polar surface area (TPSA) is 115 Å². The zero-order valence-electron chi connectivity index (χ0n) is 16.1. The van der Waals surface area contributed by atoms with E-state index in [0.29, 0.717) is 22.7 Å². The zero-order chi connectivity index (χ0) is 21.0. The van der Waals surface area contributed by atoms with E-state index in [2.05, 4.69) is 25.3 Å². The number of carbonyl (C=O) groups is 1. The summed E-state index contributed by atoms with van der Waals surface area (Å²) in [4.78, 5) is 27.9. The molecule has 8 nitrogen and oxygen atoms in total. The molecule has 0 aliphatic carbocycles. The smallest absolute Gasteiger partial charge is 0.269 e. The third kappa shape index (κ3) is 4.18. The first-order valence-electron chi connectivity index (χ1n) is 8.64. The minimum Gasteiger partial charge on any atom is -0.457 e. The summed E-state index contributed by atoms with van der Waals surface area (Å²) in [5.74, 6) is -0.0714. The molecule has 1 amide bonds. The van der Waals surface area contributed by atoms with Crippen LogP contribution in [0.25, 0.3) is 0 Å². The highest BCUT2D eigenvalue weighted by molar-refractivity contribution is 6.16. The first-order chi connectivity index (χ1) is 13.9. The highest BCUT2D eigenvalue weighted by atomic mass is 19.1. The lowest BCUT2D eigenvalue weighted by atomic mass is 10.0. The third-order valence-electron chi connectivity index (χ3n) is 4.15. The van der Waals surface area contributed by atoms with Gasteiger partial charge in [-0.25, -0.2) is 14.4 Å². The number of aromatic nitrogens is 3. The van der Waals surface area contributed by atoms with Crippen LogP contribution in [0.5, 0.6) is 11.5 Å². The van der Waals surface area contributed by atoms with Gasteiger partial charge < -0.3 is 15.8 Å². The quantitative estimate of drug-likeness (QED) is 0.643. The molecule has 3 aromatic rings. The first kappa shape index (κ1) is 19.9. The number of hydrogen-bond acceptors (Lipinski definition) is 7. The number of anilines is 1. The lowest BCUT2D eigenvalue weighted by Gasteiger charge is -2.13. The number of hydrogen-bond donors (Lipinski definition) is 2. The Morgan fingerprint density at radius 2 is 1.93 bits per heavy atom. The second-order valence-electron chi connectivity index (χ2n) is 5.99. The van der Waals surface area contributed by atoms with Crippen molar-refractivity contribution in [2.75, 3.05) is 19.8 Å². The van der Waals surface area contributed by atoms with Gasteiger partial charge in [0.15, 0.2) is 0 Å². The molecule has 1 aromatic carbocycles. The monoisotopic (exact) mass is 394 g/mol. The summed E-state index contributed by atoms with van der Waals surface area (Å²) in [5.41, 5.74) is 7.80. The minimum atomic E-state index is -0.550. The van der Waals surface area contributed by atoms with Crippen molar-refractivity contribution in [1.82, 2.24) is 20.3 Å².